The van der Waals surface area contributed by atoms with Crippen molar-refractivity contribution in [3.05, 3.63) is 59.2 Å². The standard InChI is InChI=1S/C23H23F6N7O3/c1-12(32-17(37)13-9-14(22(24,25)26)11-15(10-13)23(27,28)29)16-33-19(35(5)20(38)39-21(2,3)4)34-36(16)18-30-7-6-8-31-18/h6-12H,1-5H3,(H,32,37). The minimum atomic E-state index is -5.13. The summed E-state index contributed by atoms with van der Waals surface area (Å²) in [4.78, 5) is 38.6. The number of benzene rings is 1. The van der Waals surface area contributed by atoms with Crippen LogP contribution in [0.15, 0.2) is 36.7 Å². The Hall–Kier alpha value is -4.24. The molecule has 0 fully saturated rings. The van der Waals surface area contributed by atoms with Crippen LogP contribution in [0.25, 0.3) is 5.95 Å². The molecule has 39 heavy (non-hydrogen) atoms. The Balaban J connectivity index is 1.99. The number of nitrogens with zero attached hydrogens (tertiary/aromatic N) is 6. The molecule has 0 aliphatic heterocycles. The highest BCUT2D eigenvalue weighted by Gasteiger charge is 2.38. The Bertz CT molecular complexity index is 1320. The van der Waals surface area contributed by atoms with Crippen LogP contribution in [0.4, 0.5) is 37.1 Å². The highest BCUT2D eigenvalue weighted by Crippen LogP contribution is 2.36. The molecule has 1 aromatic carbocycles. The van der Waals surface area contributed by atoms with Crippen molar-refractivity contribution in [1.29, 1.82) is 0 Å². The van der Waals surface area contributed by atoms with Gasteiger partial charge in [0.15, 0.2) is 5.82 Å². The maximum absolute atomic E-state index is 13.2. The van der Waals surface area contributed by atoms with Crippen molar-refractivity contribution in [1.82, 2.24) is 30.0 Å². The van der Waals surface area contributed by atoms with Crippen LogP contribution in [-0.4, -0.2) is 49.4 Å². The van der Waals surface area contributed by atoms with Crippen molar-refractivity contribution in [3.8, 4) is 5.95 Å². The zero-order valence-electron chi connectivity index (χ0n) is 21.2. The maximum atomic E-state index is 13.2. The van der Waals surface area contributed by atoms with E-state index in [1.54, 1.807) is 20.8 Å². The molecule has 10 nitrogen and oxygen atoms in total. The first-order valence-corrected chi connectivity index (χ1v) is 11.2. The van der Waals surface area contributed by atoms with Crippen molar-refractivity contribution >= 4 is 17.9 Å². The second-order valence-electron chi connectivity index (χ2n) is 9.26. The van der Waals surface area contributed by atoms with Crippen molar-refractivity contribution in [2.24, 2.45) is 0 Å². The van der Waals surface area contributed by atoms with Crippen LogP contribution in [0.1, 0.15) is 61.0 Å². The third kappa shape index (κ3) is 7.20. The first-order valence-electron chi connectivity index (χ1n) is 11.2. The Labute approximate surface area is 218 Å². The van der Waals surface area contributed by atoms with E-state index in [9.17, 15) is 35.9 Å². The smallest absolute Gasteiger partial charge is 0.416 e. The summed E-state index contributed by atoms with van der Waals surface area (Å²) in [6.07, 6.45) is -8.34. The van der Waals surface area contributed by atoms with Gasteiger partial charge in [0, 0.05) is 25.0 Å². The van der Waals surface area contributed by atoms with Gasteiger partial charge in [-0.2, -0.15) is 36.0 Å². The van der Waals surface area contributed by atoms with E-state index in [0.29, 0.717) is 12.1 Å². The molecule has 3 rings (SSSR count). The molecule has 0 spiro atoms. The average Bonchev–Trinajstić information content (AvgIpc) is 3.27. The van der Waals surface area contributed by atoms with E-state index in [2.05, 4.69) is 25.4 Å². The van der Waals surface area contributed by atoms with Crippen LogP contribution in [0, 0.1) is 0 Å². The number of anilines is 1. The predicted molar refractivity (Wildman–Crippen MR) is 124 cm³/mol. The van der Waals surface area contributed by atoms with Crippen LogP contribution in [0.3, 0.4) is 0 Å². The van der Waals surface area contributed by atoms with Crippen LogP contribution in [0.2, 0.25) is 0 Å². The fraction of sp³-hybridized carbons (Fsp3) is 0.391. The van der Waals surface area contributed by atoms with Crippen molar-refractivity contribution in [2.45, 2.75) is 51.7 Å². The maximum Gasteiger partial charge on any atom is 0.416 e. The highest BCUT2D eigenvalue weighted by molar-refractivity contribution is 5.95. The number of ether oxygens (including phenoxy) is 1. The van der Waals surface area contributed by atoms with Crippen LogP contribution in [-0.2, 0) is 17.1 Å². The van der Waals surface area contributed by atoms with Crippen molar-refractivity contribution in [3.63, 3.8) is 0 Å². The molecule has 210 valence electrons. The predicted octanol–water partition coefficient (Wildman–Crippen LogP) is 4.96. The second kappa shape index (κ2) is 10.5. The summed E-state index contributed by atoms with van der Waals surface area (Å²) in [5, 5.41) is 6.49. The Kier molecular flexibility index (Phi) is 7.89. The second-order valence-corrected chi connectivity index (χ2v) is 9.26. The lowest BCUT2D eigenvalue weighted by Crippen LogP contribution is -2.34. The Morgan fingerprint density at radius 3 is 2.00 bits per heavy atom. The van der Waals surface area contributed by atoms with Gasteiger partial charge in [0.25, 0.3) is 17.8 Å². The number of nitrogens with one attached hydrogen (secondary N) is 1. The normalized spacial score (nSPS) is 13.1. The third-order valence-corrected chi connectivity index (χ3v) is 4.91. The number of hydrogen-bond acceptors (Lipinski definition) is 7. The minimum absolute atomic E-state index is 0.0386. The number of aromatic nitrogens is 5. The molecule has 2 amide bonds. The lowest BCUT2D eigenvalue weighted by molar-refractivity contribution is -0.143. The van der Waals surface area contributed by atoms with E-state index in [-0.39, 0.29) is 23.8 Å². The van der Waals surface area contributed by atoms with Crippen molar-refractivity contribution in [2.75, 3.05) is 11.9 Å². The SMILES string of the molecule is CC(NC(=O)c1cc(C(F)(F)F)cc(C(F)(F)F)c1)c1nc(N(C)C(=O)OC(C)(C)C)nn1-c1ncccn1. The van der Waals surface area contributed by atoms with Gasteiger partial charge in [-0.05, 0) is 52.0 Å². The summed E-state index contributed by atoms with van der Waals surface area (Å²) in [5.74, 6) is -1.57. The largest absolute Gasteiger partial charge is 0.443 e. The number of carbonyl (C=O) groups is 2. The highest BCUT2D eigenvalue weighted by atomic mass is 19.4. The average molecular weight is 559 g/mol. The molecule has 2 aromatic heterocycles. The number of carbonyl (C=O) groups excluding carboxylic acids is 2. The monoisotopic (exact) mass is 559 g/mol. The zero-order valence-corrected chi connectivity index (χ0v) is 21.2. The molecule has 0 aliphatic rings. The summed E-state index contributed by atoms with van der Waals surface area (Å²) in [5.41, 5.74) is -5.01. The van der Waals surface area contributed by atoms with Crippen molar-refractivity contribution < 1.29 is 40.7 Å². The molecule has 0 saturated carbocycles. The molecule has 16 heteroatoms. The van der Waals surface area contributed by atoms with E-state index in [1.165, 1.54) is 32.4 Å². The number of halogens is 6. The quantitative estimate of drug-likeness (QED) is 0.440. The fourth-order valence-electron chi connectivity index (χ4n) is 3.13. The van der Waals surface area contributed by atoms with E-state index < -0.39 is 52.7 Å². The molecule has 2 heterocycles. The van der Waals surface area contributed by atoms with E-state index in [1.807, 2.05) is 0 Å². The Morgan fingerprint density at radius 2 is 1.51 bits per heavy atom. The summed E-state index contributed by atoms with van der Waals surface area (Å²) in [6, 6.07) is 0.889. The lowest BCUT2D eigenvalue weighted by Gasteiger charge is -2.22. The first-order chi connectivity index (χ1) is 17.9. The molecule has 0 radical (unpaired) electrons. The molecule has 0 bridgehead atoms. The van der Waals surface area contributed by atoms with Gasteiger partial charge >= 0.3 is 18.4 Å². The van der Waals surface area contributed by atoms with E-state index >= 15 is 0 Å². The molecule has 0 saturated heterocycles. The number of amides is 2. The number of rotatable bonds is 5. The third-order valence-electron chi connectivity index (χ3n) is 4.91. The molecule has 3 aromatic rings. The first kappa shape index (κ1) is 29.3. The molecular weight excluding hydrogens is 536 g/mol. The van der Waals surface area contributed by atoms with Gasteiger partial charge in [-0.25, -0.2) is 19.7 Å². The molecule has 1 unspecified atom stereocenters. The number of hydrogen-bond donors (Lipinski definition) is 1. The summed E-state index contributed by atoms with van der Waals surface area (Å²) >= 11 is 0. The van der Waals surface area contributed by atoms with Gasteiger partial charge in [0.05, 0.1) is 17.2 Å². The summed E-state index contributed by atoms with van der Waals surface area (Å²) < 4.78 is 85.8. The van der Waals surface area contributed by atoms with Gasteiger partial charge in [-0.1, -0.05) is 0 Å². The molecule has 1 N–H and O–H groups in total. The summed E-state index contributed by atoms with van der Waals surface area (Å²) in [6.45, 7) is 6.29. The van der Waals surface area contributed by atoms with Gasteiger partial charge in [-0.15, -0.1) is 5.10 Å². The lowest BCUT2D eigenvalue weighted by atomic mass is 10.0. The molecular formula is C23H23F6N7O3. The van der Waals surface area contributed by atoms with Gasteiger partial charge in [0.2, 0.25) is 0 Å². The van der Waals surface area contributed by atoms with Gasteiger partial charge in [-0.3, -0.25) is 4.79 Å². The molecule has 1 atom stereocenters. The summed E-state index contributed by atoms with van der Waals surface area (Å²) in [7, 11) is 1.31. The zero-order chi connectivity index (χ0) is 29.3. The van der Waals surface area contributed by atoms with Gasteiger partial charge in [0.1, 0.15) is 5.60 Å². The van der Waals surface area contributed by atoms with Gasteiger partial charge < -0.3 is 10.1 Å². The molecule has 0 aliphatic carbocycles. The topological polar surface area (TPSA) is 115 Å². The van der Waals surface area contributed by atoms with E-state index in [4.69, 9.17) is 4.74 Å². The Morgan fingerprint density at radius 1 is 0.974 bits per heavy atom. The fourth-order valence-corrected chi connectivity index (χ4v) is 3.13. The minimum Gasteiger partial charge on any atom is -0.443 e. The van der Waals surface area contributed by atoms with E-state index in [0.717, 1.165) is 9.58 Å². The van der Waals surface area contributed by atoms with Crippen LogP contribution >= 0.6 is 0 Å². The van der Waals surface area contributed by atoms with Crippen LogP contribution in [0.5, 0.6) is 0 Å². The number of alkyl halides is 6. The van der Waals surface area contributed by atoms with Crippen LogP contribution < -0.4 is 10.2 Å².